The summed E-state index contributed by atoms with van der Waals surface area (Å²) in [5.41, 5.74) is 3.35. The van der Waals surface area contributed by atoms with Gasteiger partial charge in [0, 0.05) is 29.3 Å². The molecule has 0 amide bonds. The van der Waals surface area contributed by atoms with Crippen molar-refractivity contribution in [1.82, 2.24) is 0 Å². The fraction of sp³-hybridized carbons (Fsp3) is 0.345. The predicted octanol–water partition coefficient (Wildman–Crippen LogP) is 4.85. The summed E-state index contributed by atoms with van der Waals surface area (Å²) >= 11 is 0. The van der Waals surface area contributed by atoms with E-state index in [9.17, 15) is 14.4 Å². The number of ketones is 1. The molecule has 1 atom stereocenters. The van der Waals surface area contributed by atoms with E-state index in [4.69, 9.17) is 14.2 Å². The second-order valence-electron chi connectivity index (χ2n) is 9.92. The standard InChI is InChI=1S/C29H31NO6/c1-17-7-11-19(12-8-17)30-21-15-29(2,3)16-22(31)24(21)23(18-9-13-20(34-4)14-10-18)25(27(32)35-5)26(30)28(33)36-6/h7-14,23H,15-16H2,1-6H3. The average molecular weight is 490 g/mol. The van der Waals surface area contributed by atoms with Gasteiger partial charge in [0.15, 0.2) is 5.78 Å². The molecule has 0 bridgehead atoms. The molecule has 1 unspecified atom stereocenters. The van der Waals surface area contributed by atoms with Gasteiger partial charge in [-0.25, -0.2) is 9.59 Å². The lowest BCUT2D eigenvalue weighted by Crippen LogP contribution is -2.43. The van der Waals surface area contributed by atoms with Crippen LogP contribution in [0, 0.1) is 12.3 Å². The minimum Gasteiger partial charge on any atom is -0.497 e. The normalized spacial score (nSPS) is 19.1. The number of ether oxygens (including phenoxy) is 3. The van der Waals surface area contributed by atoms with Crippen molar-refractivity contribution >= 4 is 23.4 Å². The molecule has 2 aliphatic rings. The summed E-state index contributed by atoms with van der Waals surface area (Å²) in [6.07, 6.45) is 0.853. The van der Waals surface area contributed by atoms with Crippen LogP contribution in [0.5, 0.6) is 5.75 Å². The van der Waals surface area contributed by atoms with Gasteiger partial charge in [0.05, 0.1) is 26.9 Å². The third kappa shape index (κ3) is 4.41. The van der Waals surface area contributed by atoms with E-state index in [1.807, 2.05) is 45.0 Å². The number of carbonyl (C=O) groups excluding carboxylic acids is 3. The number of benzene rings is 2. The lowest BCUT2D eigenvalue weighted by Gasteiger charge is -2.44. The van der Waals surface area contributed by atoms with Crippen molar-refractivity contribution in [1.29, 1.82) is 0 Å². The molecule has 0 spiro atoms. The number of Topliss-reactive ketones (excluding diaryl/α,β-unsaturated/α-hetero) is 1. The second kappa shape index (κ2) is 9.64. The van der Waals surface area contributed by atoms with Gasteiger partial charge in [0.2, 0.25) is 0 Å². The molecular formula is C29H31NO6. The fourth-order valence-electron chi connectivity index (χ4n) is 5.10. The number of carbonyl (C=O) groups is 3. The van der Waals surface area contributed by atoms with Gasteiger partial charge in [0.25, 0.3) is 0 Å². The molecular weight excluding hydrogens is 458 g/mol. The summed E-state index contributed by atoms with van der Waals surface area (Å²) in [5, 5.41) is 0. The van der Waals surface area contributed by atoms with Gasteiger partial charge in [-0.15, -0.1) is 0 Å². The van der Waals surface area contributed by atoms with Gasteiger partial charge < -0.3 is 19.1 Å². The van der Waals surface area contributed by atoms with Gasteiger partial charge in [0.1, 0.15) is 11.4 Å². The molecule has 0 fully saturated rings. The smallest absolute Gasteiger partial charge is 0.355 e. The largest absolute Gasteiger partial charge is 0.497 e. The Labute approximate surface area is 211 Å². The molecule has 0 radical (unpaired) electrons. The van der Waals surface area contributed by atoms with E-state index in [1.54, 1.807) is 36.3 Å². The third-order valence-electron chi connectivity index (χ3n) is 6.75. The van der Waals surface area contributed by atoms with Crippen LogP contribution < -0.4 is 9.64 Å². The maximum absolute atomic E-state index is 13.8. The lowest BCUT2D eigenvalue weighted by molar-refractivity contribution is -0.139. The molecule has 36 heavy (non-hydrogen) atoms. The van der Waals surface area contributed by atoms with Crippen LogP contribution >= 0.6 is 0 Å². The molecule has 7 nitrogen and oxygen atoms in total. The van der Waals surface area contributed by atoms with E-state index in [0.29, 0.717) is 41.1 Å². The molecule has 188 valence electrons. The highest BCUT2D eigenvalue weighted by atomic mass is 16.5. The molecule has 7 heteroatoms. The van der Waals surface area contributed by atoms with Crippen LogP contribution in [0.4, 0.5) is 5.69 Å². The van der Waals surface area contributed by atoms with Gasteiger partial charge in [-0.05, 0) is 48.6 Å². The van der Waals surface area contributed by atoms with Gasteiger partial charge in [-0.3, -0.25) is 4.79 Å². The molecule has 0 N–H and O–H groups in total. The Balaban J connectivity index is 2.10. The van der Waals surface area contributed by atoms with E-state index >= 15 is 0 Å². The Hall–Kier alpha value is -3.87. The van der Waals surface area contributed by atoms with Crippen LogP contribution in [0.25, 0.3) is 0 Å². The minimum atomic E-state index is -0.794. The zero-order valence-corrected chi connectivity index (χ0v) is 21.5. The van der Waals surface area contributed by atoms with Crippen LogP contribution in [0.1, 0.15) is 43.7 Å². The van der Waals surface area contributed by atoms with Crippen molar-refractivity contribution in [3.8, 4) is 5.75 Å². The second-order valence-corrected chi connectivity index (χ2v) is 9.92. The zero-order valence-electron chi connectivity index (χ0n) is 21.5. The first-order valence-electron chi connectivity index (χ1n) is 11.8. The van der Waals surface area contributed by atoms with Gasteiger partial charge >= 0.3 is 11.9 Å². The Morgan fingerprint density at radius 1 is 0.889 bits per heavy atom. The molecule has 1 aliphatic heterocycles. The van der Waals surface area contributed by atoms with Gasteiger partial charge in [-0.2, -0.15) is 0 Å². The van der Waals surface area contributed by atoms with Crippen LogP contribution in [-0.4, -0.2) is 39.1 Å². The van der Waals surface area contributed by atoms with E-state index in [1.165, 1.54) is 14.2 Å². The van der Waals surface area contributed by atoms with E-state index in [2.05, 4.69) is 0 Å². The van der Waals surface area contributed by atoms with Gasteiger partial charge in [-0.1, -0.05) is 43.7 Å². The van der Waals surface area contributed by atoms with Crippen LogP contribution in [-0.2, 0) is 23.9 Å². The number of hydrogen-bond donors (Lipinski definition) is 0. The number of methoxy groups -OCH3 is 3. The number of nitrogens with zero attached hydrogens (tertiary/aromatic N) is 1. The van der Waals surface area contributed by atoms with Crippen molar-refractivity contribution in [2.24, 2.45) is 5.41 Å². The van der Waals surface area contributed by atoms with Crippen LogP contribution in [0.2, 0.25) is 0 Å². The molecule has 1 aliphatic carbocycles. The number of allylic oxidation sites excluding steroid dienone is 2. The Morgan fingerprint density at radius 2 is 1.50 bits per heavy atom. The number of aryl methyl sites for hydroxylation is 1. The third-order valence-corrected chi connectivity index (χ3v) is 6.75. The first-order chi connectivity index (χ1) is 17.1. The number of esters is 2. The predicted molar refractivity (Wildman–Crippen MR) is 135 cm³/mol. The minimum absolute atomic E-state index is 0.0540. The summed E-state index contributed by atoms with van der Waals surface area (Å²) in [6, 6.07) is 14.7. The highest BCUT2D eigenvalue weighted by Crippen LogP contribution is 2.51. The summed E-state index contributed by atoms with van der Waals surface area (Å²) in [7, 11) is 4.11. The molecule has 1 heterocycles. The maximum Gasteiger partial charge on any atom is 0.355 e. The molecule has 4 rings (SSSR count). The highest BCUT2D eigenvalue weighted by Gasteiger charge is 2.48. The lowest BCUT2D eigenvalue weighted by atomic mass is 9.68. The zero-order chi connectivity index (χ0) is 26.2. The van der Waals surface area contributed by atoms with E-state index < -0.39 is 17.9 Å². The topological polar surface area (TPSA) is 82.1 Å². The summed E-state index contributed by atoms with van der Waals surface area (Å²) in [4.78, 5) is 42.3. The number of rotatable bonds is 5. The van der Waals surface area contributed by atoms with Crippen molar-refractivity contribution in [2.45, 2.75) is 39.5 Å². The summed E-state index contributed by atoms with van der Waals surface area (Å²) < 4.78 is 15.7. The molecule has 0 saturated heterocycles. The van der Waals surface area contributed by atoms with Crippen molar-refractivity contribution in [2.75, 3.05) is 26.2 Å². The first kappa shape index (κ1) is 25.2. The summed E-state index contributed by atoms with van der Waals surface area (Å²) in [6.45, 7) is 6.03. The highest BCUT2D eigenvalue weighted by molar-refractivity contribution is 6.11. The first-order valence-corrected chi connectivity index (χ1v) is 11.8. The van der Waals surface area contributed by atoms with Crippen LogP contribution in [0.15, 0.2) is 71.1 Å². The number of hydrogen-bond acceptors (Lipinski definition) is 7. The Morgan fingerprint density at radius 3 is 2.06 bits per heavy atom. The fourth-order valence-corrected chi connectivity index (χ4v) is 5.10. The Kier molecular flexibility index (Phi) is 6.76. The average Bonchev–Trinajstić information content (AvgIpc) is 2.86. The quantitative estimate of drug-likeness (QED) is 0.555. The molecule has 0 aromatic heterocycles. The van der Waals surface area contributed by atoms with E-state index in [-0.39, 0.29) is 22.5 Å². The Bertz CT molecular complexity index is 1270. The SMILES string of the molecule is COC(=O)C1=C(C(=O)OC)N(c2ccc(C)cc2)C2=C(C(=O)CC(C)(C)C2)C1c1ccc(OC)cc1. The van der Waals surface area contributed by atoms with Crippen molar-refractivity contribution in [3.05, 3.63) is 82.2 Å². The van der Waals surface area contributed by atoms with Crippen molar-refractivity contribution < 1.29 is 28.6 Å². The molecule has 0 saturated carbocycles. The monoisotopic (exact) mass is 489 g/mol. The number of anilines is 1. The maximum atomic E-state index is 13.8. The molecule has 2 aromatic rings. The van der Waals surface area contributed by atoms with E-state index in [0.717, 1.165) is 5.56 Å². The molecule has 2 aromatic carbocycles. The van der Waals surface area contributed by atoms with Crippen molar-refractivity contribution in [3.63, 3.8) is 0 Å². The summed E-state index contributed by atoms with van der Waals surface area (Å²) in [5.74, 6) is -1.60. The van der Waals surface area contributed by atoms with Crippen LogP contribution in [0.3, 0.4) is 0 Å².